The van der Waals surface area contributed by atoms with Gasteiger partial charge in [-0.1, -0.05) is 18.2 Å². The van der Waals surface area contributed by atoms with Crippen LogP contribution in [0.3, 0.4) is 0 Å². The van der Waals surface area contributed by atoms with Crippen molar-refractivity contribution in [2.24, 2.45) is 0 Å². The van der Waals surface area contributed by atoms with E-state index in [1.807, 2.05) is 24.3 Å². The molecule has 0 aromatic heterocycles. The number of sulfonamides is 1. The molecule has 1 aliphatic heterocycles. The Morgan fingerprint density at radius 3 is 2.46 bits per heavy atom. The molecule has 0 spiro atoms. The maximum atomic E-state index is 12.7. The molecule has 0 saturated carbocycles. The minimum atomic E-state index is -3.89. The number of nitro groups is 1. The number of benzene rings is 2. The zero-order valence-corrected chi connectivity index (χ0v) is 16.3. The van der Waals surface area contributed by atoms with E-state index in [1.165, 1.54) is 18.2 Å². The Morgan fingerprint density at radius 2 is 1.86 bits per heavy atom. The van der Waals surface area contributed by atoms with E-state index >= 15 is 0 Å². The van der Waals surface area contributed by atoms with E-state index in [-0.39, 0.29) is 17.1 Å². The molecule has 2 aromatic rings. The maximum absolute atomic E-state index is 12.7. The molecule has 0 bridgehead atoms. The van der Waals surface area contributed by atoms with Crippen LogP contribution in [0.25, 0.3) is 0 Å². The molecule has 0 radical (unpaired) electrons. The molecule has 1 fully saturated rings. The SMILES string of the molecule is COc1ccc(C2(CNS(=O)(=O)c3cccc([N+](=O)[O-])c3)CCOCC2)cc1. The summed E-state index contributed by atoms with van der Waals surface area (Å²) >= 11 is 0. The van der Waals surface area contributed by atoms with Crippen LogP contribution in [0, 0.1) is 10.1 Å². The van der Waals surface area contributed by atoms with Crippen molar-refractivity contribution in [2.75, 3.05) is 26.9 Å². The number of nitro benzene ring substituents is 1. The van der Waals surface area contributed by atoms with E-state index < -0.39 is 20.4 Å². The summed E-state index contributed by atoms with van der Waals surface area (Å²) in [5.41, 5.74) is 0.315. The summed E-state index contributed by atoms with van der Waals surface area (Å²) in [4.78, 5) is 10.2. The highest BCUT2D eigenvalue weighted by Gasteiger charge is 2.36. The molecule has 1 heterocycles. The van der Waals surface area contributed by atoms with Crippen molar-refractivity contribution in [1.29, 1.82) is 0 Å². The number of hydrogen-bond donors (Lipinski definition) is 1. The Bertz CT molecular complexity index is 937. The summed E-state index contributed by atoms with van der Waals surface area (Å²) in [7, 11) is -2.30. The molecule has 1 N–H and O–H groups in total. The molecular formula is C19H22N2O6S. The van der Waals surface area contributed by atoms with Crippen molar-refractivity contribution in [3.8, 4) is 5.75 Å². The molecule has 0 atom stereocenters. The topological polar surface area (TPSA) is 108 Å². The lowest BCUT2D eigenvalue weighted by molar-refractivity contribution is -0.385. The van der Waals surface area contributed by atoms with Gasteiger partial charge in [0.15, 0.2) is 0 Å². The first kappa shape index (κ1) is 20.2. The predicted molar refractivity (Wildman–Crippen MR) is 103 cm³/mol. The average Bonchev–Trinajstić information content (AvgIpc) is 2.73. The number of non-ortho nitro benzene ring substituents is 1. The second-order valence-corrected chi connectivity index (χ2v) is 8.47. The lowest BCUT2D eigenvalue weighted by atomic mass is 9.74. The third kappa shape index (κ3) is 4.32. The third-order valence-corrected chi connectivity index (χ3v) is 6.49. The Balaban J connectivity index is 1.85. The number of methoxy groups -OCH3 is 1. The summed E-state index contributed by atoms with van der Waals surface area (Å²) in [5, 5.41) is 10.9. The van der Waals surface area contributed by atoms with Crippen LogP contribution < -0.4 is 9.46 Å². The van der Waals surface area contributed by atoms with Crippen LogP contribution >= 0.6 is 0 Å². The maximum Gasteiger partial charge on any atom is 0.270 e. The smallest absolute Gasteiger partial charge is 0.270 e. The Kier molecular flexibility index (Phi) is 5.97. The van der Waals surface area contributed by atoms with E-state index in [9.17, 15) is 18.5 Å². The molecule has 0 unspecified atom stereocenters. The molecule has 0 amide bonds. The Hall–Kier alpha value is -2.49. The number of hydrogen-bond acceptors (Lipinski definition) is 6. The summed E-state index contributed by atoms with van der Waals surface area (Å²) in [6.45, 7) is 1.24. The quantitative estimate of drug-likeness (QED) is 0.559. The molecule has 1 saturated heterocycles. The van der Waals surface area contributed by atoms with Crippen molar-refractivity contribution in [3.05, 3.63) is 64.2 Å². The fourth-order valence-electron chi connectivity index (χ4n) is 3.35. The molecule has 1 aliphatic rings. The Morgan fingerprint density at radius 1 is 1.18 bits per heavy atom. The lowest BCUT2D eigenvalue weighted by Gasteiger charge is -2.38. The van der Waals surface area contributed by atoms with Crippen LogP contribution in [-0.2, 0) is 20.2 Å². The van der Waals surface area contributed by atoms with Gasteiger partial charge in [-0.15, -0.1) is 0 Å². The van der Waals surface area contributed by atoms with Gasteiger partial charge < -0.3 is 9.47 Å². The van der Waals surface area contributed by atoms with Gasteiger partial charge in [-0.2, -0.15) is 0 Å². The van der Waals surface area contributed by atoms with Gasteiger partial charge in [0.05, 0.1) is 16.9 Å². The number of nitrogens with one attached hydrogen (secondary N) is 1. The van der Waals surface area contributed by atoms with Gasteiger partial charge in [-0.25, -0.2) is 13.1 Å². The first-order chi connectivity index (χ1) is 13.4. The molecule has 150 valence electrons. The van der Waals surface area contributed by atoms with Crippen LogP contribution in [0.4, 0.5) is 5.69 Å². The van der Waals surface area contributed by atoms with E-state index in [2.05, 4.69) is 4.72 Å². The van der Waals surface area contributed by atoms with E-state index in [0.29, 0.717) is 26.1 Å². The normalized spacial score (nSPS) is 16.5. The van der Waals surface area contributed by atoms with Gasteiger partial charge in [0, 0.05) is 37.3 Å². The summed E-state index contributed by atoms with van der Waals surface area (Å²) in [6.07, 6.45) is 1.33. The van der Waals surface area contributed by atoms with Crippen LogP contribution in [0.1, 0.15) is 18.4 Å². The Labute approximate surface area is 163 Å². The average molecular weight is 406 g/mol. The number of rotatable bonds is 7. The molecule has 0 aliphatic carbocycles. The highest BCUT2D eigenvalue weighted by Crippen LogP contribution is 2.35. The van der Waals surface area contributed by atoms with Crippen LogP contribution in [0.2, 0.25) is 0 Å². The van der Waals surface area contributed by atoms with Gasteiger partial charge >= 0.3 is 0 Å². The zero-order valence-electron chi connectivity index (χ0n) is 15.5. The van der Waals surface area contributed by atoms with Gasteiger partial charge in [0.2, 0.25) is 10.0 Å². The van der Waals surface area contributed by atoms with Crippen LogP contribution in [-0.4, -0.2) is 40.2 Å². The van der Waals surface area contributed by atoms with Crippen molar-refractivity contribution in [2.45, 2.75) is 23.2 Å². The van der Waals surface area contributed by atoms with E-state index in [0.717, 1.165) is 17.4 Å². The monoisotopic (exact) mass is 406 g/mol. The van der Waals surface area contributed by atoms with Crippen molar-refractivity contribution < 1.29 is 22.8 Å². The second kappa shape index (κ2) is 8.26. The van der Waals surface area contributed by atoms with E-state index in [4.69, 9.17) is 9.47 Å². The summed E-state index contributed by atoms with van der Waals surface area (Å²) < 4.78 is 38.8. The van der Waals surface area contributed by atoms with Gasteiger partial charge in [0.25, 0.3) is 5.69 Å². The van der Waals surface area contributed by atoms with Gasteiger partial charge in [0.1, 0.15) is 5.75 Å². The fourth-order valence-corrected chi connectivity index (χ4v) is 4.52. The fraction of sp³-hybridized carbons (Fsp3) is 0.368. The summed E-state index contributed by atoms with van der Waals surface area (Å²) in [6, 6.07) is 12.6. The standard InChI is InChI=1S/C19H22N2O6S/c1-26-17-7-5-15(6-8-17)19(9-11-27-12-10-19)14-20-28(24,25)18-4-2-3-16(13-18)21(22)23/h2-8,13,20H,9-12,14H2,1H3. The highest BCUT2D eigenvalue weighted by atomic mass is 32.2. The molecule has 3 rings (SSSR count). The minimum Gasteiger partial charge on any atom is -0.497 e. The van der Waals surface area contributed by atoms with Crippen molar-refractivity contribution in [1.82, 2.24) is 4.72 Å². The third-order valence-electron chi connectivity index (χ3n) is 5.09. The van der Waals surface area contributed by atoms with Crippen molar-refractivity contribution in [3.63, 3.8) is 0 Å². The summed E-state index contributed by atoms with van der Waals surface area (Å²) in [5.74, 6) is 0.725. The molecule has 2 aromatic carbocycles. The zero-order chi connectivity index (χ0) is 20.2. The highest BCUT2D eigenvalue weighted by molar-refractivity contribution is 7.89. The first-order valence-electron chi connectivity index (χ1n) is 8.83. The molecule has 28 heavy (non-hydrogen) atoms. The molecule has 8 nitrogen and oxygen atoms in total. The number of ether oxygens (including phenoxy) is 2. The second-order valence-electron chi connectivity index (χ2n) is 6.70. The predicted octanol–water partition coefficient (Wildman–Crippen LogP) is 2.63. The lowest BCUT2D eigenvalue weighted by Crippen LogP contribution is -2.44. The number of nitrogens with zero attached hydrogens (tertiary/aromatic N) is 1. The van der Waals surface area contributed by atoms with Crippen LogP contribution in [0.5, 0.6) is 5.75 Å². The van der Waals surface area contributed by atoms with Gasteiger partial charge in [-0.3, -0.25) is 10.1 Å². The molecule has 9 heteroatoms. The van der Waals surface area contributed by atoms with Crippen molar-refractivity contribution >= 4 is 15.7 Å². The largest absolute Gasteiger partial charge is 0.497 e. The minimum absolute atomic E-state index is 0.126. The van der Waals surface area contributed by atoms with Gasteiger partial charge in [-0.05, 0) is 36.6 Å². The first-order valence-corrected chi connectivity index (χ1v) is 10.3. The van der Waals surface area contributed by atoms with E-state index in [1.54, 1.807) is 7.11 Å². The van der Waals surface area contributed by atoms with Crippen LogP contribution in [0.15, 0.2) is 53.4 Å². The molecular weight excluding hydrogens is 384 g/mol.